The van der Waals surface area contributed by atoms with Crippen LogP contribution in [0.4, 0.5) is 0 Å². The topological polar surface area (TPSA) is 21.3 Å². The summed E-state index contributed by atoms with van der Waals surface area (Å²) in [5, 5.41) is 3.55. The highest BCUT2D eigenvalue weighted by atomic mass is 79.9. The third-order valence-corrected chi connectivity index (χ3v) is 4.40. The number of nitrogens with one attached hydrogen (secondary N) is 1. The molecule has 2 nitrogen and oxygen atoms in total. The molecule has 0 heterocycles. The molecule has 0 aliphatic rings. The maximum absolute atomic E-state index is 5.62. The van der Waals surface area contributed by atoms with Crippen LogP contribution in [0.25, 0.3) is 0 Å². The first kappa shape index (κ1) is 16.5. The molecule has 0 bridgehead atoms. The van der Waals surface area contributed by atoms with Crippen molar-refractivity contribution in [1.29, 1.82) is 0 Å². The van der Waals surface area contributed by atoms with Gasteiger partial charge in [-0.3, -0.25) is 0 Å². The summed E-state index contributed by atoms with van der Waals surface area (Å²) in [5.74, 6) is 0.907. The Bertz CT molecular complexity index is 601. The van der Waals surface area contributed by atoms with Crippen LogP contribution in [0.15, 0.2) is 51.4 Å². The number of hydrogen-bond donors (Lipinski definition) is 1. The van der Waals surface area contributed by atoms with Crippen molar-refractivity contribution in [1.82, 2.24) is 5.32 Å². The highest BCUT2D eigenvalue weighted by Crippen LogP contribution is 2.32. The summed E-state index contributed by atoms with van der Waals surface area (Å²) in [6, 6.07) is 14.6. The Morgan fingerprint density at radius 2 is 1.90 bits per heavy atom. The van der Waals surface area contributed by atoms with Gasteiger partial charge in [0.1, 0.15) is 5.75 Å². The highest BCUT2D eigenvalue weighted by molar-refractivity contribution is 9.11. The SMILES string of the molecule is CCNC(c1cccc(OCC)c1)c1cc(Br)ccc1Br. The Morgan fingerprint density at radius 3 is 2.62 bits per heavy atom. The molecule has 4 heteroatoms. The molecule has 0 aliphatic carbocycles. The van der Waals surface area contributed by atoms with Crippen molar-refractivity contribution in [2.45, 2.75) is 19.9 Å². The van der Waals surface area contributed by atoms with Crippen LogP contribution in [0.3, 0.4) is 0 Å². The van der Waals surface area contributed by atoms with E-state index in [9.17, 15) is 0 Å². The maximum Gasteiger partial charge on any atom is 0.119 e. The number of halogens is 2. The van der Waals surface area contributed by atoms with Crippen LogP contribution >= 0.6 is 31.9 Å². The Morgan fingerprint density at radius 1 is 1.10 bits per heavy atom. The van der Waals surface area contributed by atoms with E-state index in [-0.39, 0.29) is 6.04 Å². The molecule has 0 aromatic heterocycles. The zero-order chi connectivity index (χ0) is 15.2. The summed E-state index contributed by atoms with van der Waals surface area (Å²) in [5.41, 5.74) is 2.40. The van der Waals surface area contributed by atoms with Gasteiger partial charge in [0, 0.05) is 8.95 Å². The average molecular weight is 413 g/mol. The van der Waals surface area contributed by atoms with Gasteiger partial charge >= 0.3 is 0 Å². The van der Waals surface area contributed by atoms with Crippen molar-refractivity contribution in [2.24, 2.45) is 0 Å². The second-order valence-electron chi connectivity index (χ2n) is 4.66. The van der Waals surface area contributed by atoms with Crippen molar-refractivity contribution < 1.29 is 4.74 Å². The van der Waals surface area contributed by atoms with Crippen LogP contribution in [0.2, 0.25) is 0 Å². The van der Waals surface area contributed by atoms with E-state index in [0.717, 1.165) is 21.2 Å². The van der Waals surface area contributed by atoms with E-state index >= 15 is 0 Å². The number of rotatable bonds is 6. The zero-order valence-electron chi connectivity index (χ0n) is 12.2. The standard InChI is InChI=1S/C17H19Br2NO/c1-3-20-17(15-11-13(18)8-9-16(15)19)12-6-5-7-14(10-12)21-4-2/h5-11,17,20H,3-4H2,1-2H3. The fourth-order valence-corrected chi connectivity index (χ4v) is 3.15. The number of hydrogen-bond acceptors (Lipinski definition) is 2. The van der Waals surface area contributed by atoms with E-state index in [4.69, 9.17) is 4.74 Å². The zero-order valence-corrected chi connectivity index (χ0v) is 15.4. The van der Waals surface area contributed by atoms with Crippen molar-refractivity contribution in [3.63, 3.8) is 0 Å². The summed E-state index contributed by atoms with van der Waals surface area (Å²) in [7, 11) is 0. The molecule has 21 heavy (non-hydrogen) atoms. The predicted molar refractivity (Wildman–Crippen MR) is 95.0 cm³/mol. The second kappa shape index (κ2) is 7.97. The molecule has 2 aromatic rings. The summed E-state index contributed by atoms with van der Waals surface area (Å²) in [6.07, 6.45) is 0. The maximum atomic E-state index is 5.62. The first-order valence-electron chi connectivity index (χ1n) is 7.06. The monoisotopic (exact) mass is 411 g/mol. The second-order valence-corrected chi connectivity index (χ2v) is 6.43. The predicted octanol–water partition coefficient (Wildman–Crippen LogP) is 5.31. The Hall–Kier alpha value is -0.840. The Kier molecular flexibility index (Phi) is 6.27. The van der Waals surface area contributed by atoms with E-state index in [2.05, 4.69) is 68.4 Å². The minimum absolute atomic E-state index is 0.127. The molecule has 1 atom stereocenters. The molecule has 0 aliphatic heterocycles. The highest BCUT2D eigenvalue weighted by Gasteiger charge is 2.16. The molecule has 0 amide bonds. The van der Waals surface area contributed by atoms with Gasteiger partial charge in [-0.1, -0.05) is 50.9 Å². The van der Waals surface area contributed by atoms with Crippen molar-refractivity contribution in [3.8, 4) is 5.75 Å². The minimum Gasteiger partial charge on any atom is -0.494 e. The molecule has 0 saturated carbocycles. The van der Waals surface area contributed by atoms with E-state index in [1.54, 1.807) is 0 Å². The van der Waals surface area contributed by atoms with E-state index < -0.39 is 0 Å². The van der Waals surface area contributed by atoms with Crippen LogP contribution in [-0.4, -0.2) is 13.2 Å². The van der Waals surface area contributed by atoms with Crippen molar-refractivity contribution in [3.05, 3.63) is 62.5 Å². The summed E-state index contributed by atoms with van der Waals surface area (Å²) < 4.78 is 7.79. The summed E-state index contributed by atoms with van der Waals surface area (Å²) in [4.78, 5) is 0. The lowest BCUT2D eigenvalue weighted by Gasteiger charge is -2.21. The van der Waals surface area contributed by atoms with Crippen LogP contribution in [0.5, 0.6) is 5.75 Å². The van der Waals surface area contributed by atoms with Crippen molar-refractivity contribution >= 4 is 31.9 Å². The molecule has 0 spiro atoms. The normalized spacial score (nSPS) is 12.2. The molecule has 112 valence electrons. The number of ether oxygens (including phenoxy) is 1. The first-order valence-corrected chi connectivity index (χ1v) is 8.65. The first-order chi connectivity index (χ1) is 10.2. The Labute approximate surface area is 143 Å². The summed E-state index contributed by atoms with van der Waals surface area (Å²) >= 11 is 7.21. The number of benzene rings is 2. The van der Waals surface area contributed by atoms with Gasteiger partial charge in [0.25, 0.3) is 0 Å². The van der Waals surface area contributed by atoms with Gasteiger partial charge in [0.05, 0.1) is 12.6 Å². The fraction of sp³-hybridized carbons (Fsp3) is 0.294. The van der Waals surface area contributed by atoms with E-state index in [1.165, 1.54) is 11.1 Å². The van der Waals surface area contributed by atoms with Gasteiger partial charge in [-0.2, -0.15) is 0 Å². The molecule has 0 saturated heterocycles. The van der Waals surface area contributed by atoms with Crippen LogP contribution < -0.4 is 10.1 Å². The lowest BCUT2D eigenvalue weighted by atomic mass is 9.98. The van der Waals surface area contributed by atoms with Gasteiger partial charge in [-0.15, -0.1) is 0 Å². The lowest BCUT2D eigenvalue weighted by Crippen LogP contribution is -2.22. The van der Waals surface area contributed by atoms with Gasteiger partial charge in [-0.25, -0.2) is 0 Å². The quantitative estimate of drug-likeness (QED) is 0.694. The van der Waals surface area contributed by atoms with Crippen LogP contribution in [0.1, 0.15) is 31.0 Å². The fourth-order valence-electron chi connectivity index (χ4n) is 2.30. The average Bonchev–Trinajstić information content (AvgIpc) is 2.48. The third kappa shape index (κ3) is 4.31. The minimum atomic E-state index is 0.127. The molecule has 0 radical (unpaired) electrons. The molecular formula is C17H19Br2NO. The smallest absolute Gasteiger partial charge is 0.119 e. The molecule has 2 aromatic carbocycles. The molecule has 2 rings (SSSR count). The molecular weight excluding hydrogens is 394 g/mol. The lowest BCUT2D eigenvalue weighted by molar-refractivity contribution is 0.339. The third-order valence-electron chi connectivity index (χ3n) is 3.18. The van der Waals surface area contributed by atoms with Gasteiger partial charge < -0.3 is 10.1 Å². The van der Waals surface area contributed by atoms with Crippen LogP contribution in [-0.2, 0) is 0 Å². The van der Waals surface area contributed by atoms with Gasteiger partial charge in [0.2, 0.25) is 0 Å². The van der Waals surface area contributed by atoms with Gasteiger partial charge in [0.15, 0.2) is 0 Å². The van der Waals surface area contributed by atoms with E-state index in [1.807, 2.05) is 25.1 Å². The van der Waals surface area contributed by atoms with Crippen molar-refractivity contribution in [2.75, 3.05) is 13.2 Å². The van der Waals surface area contributed by atoms with E-state index in [0.29, 0.717) is 6.61 Å². The van der Waals surface area contributed by atoms with Crippen LogP contribution in [0, 0.1) is 0 Å². The van der Waals surface area contributed by atoms with Gasteiger partial charge in [-0.05, 0) is 54.9 Å². The summed E-state index contributed by atoms with van der Waals surface area (Å²) in [6.45, 7) is 5.68. The molecule has 1 N–H and O–H groups in total. The largest absolute Gasteiger partial charge is 0.494 e. The molecule has 0 fully saturated rings. The molecule has 1 unspecified atom stereocenters. The Balaban J connectivity index is 2.42.